The molecule has 2 nitrogen and oxygen atoms in total. The molecule has 0 bridgehead atoms. The van der Waals surface area contributed by atoms with Crippen LogP contribution in [0.3, 0.4) is 0 Å². The summed E-state index contributed by atoms with van der Waals surface area (Å²) in [6, 6.07) is 9.22. The van der Waals surface area contributed by atoms with Crippen LogP contribution in [0.2, 0.25) is 0 Å². The molecule has 14 heavy (non-hydrogen) atoms. The number of amides is 1. The maximum atomic E-state index is 11.7. The number of alkyl halides is 1. The Balaban J connectivity index is 2.27. The molecule has 4 heteroatoms. The van der Waals surface area contributed by atoms with Gasteiger partial charge in [-0.15, -0.1) is 11.8 Å². The van der Waals surface area contributed by atoms with Gasteiger partial charge in [0.25, 0.3) is 0 Å². The van der Waals surface area contributed by atoms with Crippen LogP contribution >= 0.6 is 11.8 Å². The van der Waals surface area contributed by atoms with Crippen molar-refractivity contribution < 1.29 is 9.18 Å². The highest BCUT2D eigenvalue weighted by Gasteiger charge is 2.00. The van der Waals surface area contributed by atoms with Crippen LogP contribution in [0.1, 0.15) is 0 Å². The molecule has 76 valence electrons. The van der Waals surface area contributed by atoms with E-state index in [4.69, 9.17) is 0 Å². The number of para-hydroxylation sites is 1. The molecule has 0 aliphatic carbocycles. The number of nitrogens with one attached hydrogen (secondary N) is 1. The summed E-state index contributed by atoms with van der Waals surface area (Å²) in [5.74, 6) is 0.593. The fourth-order valence-corrected chi connectivity index (χ4v) is 1.45. The first-order valence-electron chi connectivity index (χ1n) is 4.31. The number of thioether (sulfide) groups is 1. The number of hydrogen-bond acceptors (Lipinski definition) is 2. The zero-order valence-corrected chi connectivity index (χ0v) is 8.52. The molecule has 0 heterocycles. The van der Waals surface area contributed by atoms with Gasteiger partial charge in [-0.3, -0.25) is 9.18 Å². The number of hydrogen-bond donors (Lipinski definition) is 1. The highest BCUT2D eigenvalue weighted by Crippen LogP contribution is 2.06. The average molecular weight is 213 g/mol. The number of benzene rings is 1. The normalized spacial score (nSPS) is 9.79. The Morgan fingerprint density at radius 1 is 1.36 bits per heavy atom. The quantitative estimate of drug-likeness (QED) is 0.760. The average Bonchev–Trinajstić information content (AvgIpc) is 2.20. The highest BCUT2D eigenvalue weighted by atomic mass is 32.2. The molecule has 1 aromatic rings. The van der Waals surface area contributed by atoms with E-state index >= 15 is 0 Å². The van der Waals surface area contributed by atoms with Gasteiger partial charge in [-0.25, -0.2) is 0 Å². The Kier molecular flexibility index (Phi) is 5.07. The molecule has 0 saturated carbocycles. The predicted molar refractivity (Wildman–Crippen MR) is 58.4 cm³/mol. The van der Waals surface area contributed by atoms with Crippen molar-refractivity contribution >= 4 is 23.4 Å². The Morgan fingerprint density at radius 3 is 2.71 bits per heavy atom. The summed E-state index contributed by atoms with van der Waals surface area (Å²) in [5, 5.41) is 2.72. The first-order chi connectivity index (χ1) is 6.83. The minimum atomic E-state index is -0.386. The third kappa shape index (κ3) is 4.28. The van der Waals surface area contributed by atoms with Crippen LogP contribution in [-0.2, 0) is 4.79 Å². The molecule has 0 unspecified atom stereocenters. The number of carbonyl (C=O) groups is 1. The number of anilines is 1. The van der Waals surface area contributed by atoms with Gasteiger partial charge < -0.3 is 5.32 Å². The molecule has 0 aliphatic heterocycles. The molecule has 0 fully saturated rings. The molecule has 0 spiro atoms. The van der Waals surface area contributed by atoms with Crippen molar-refractivity contribution in [1.82, 2.24) is 0 Å². The second-order valence-electron chi connectivity index (χ2n) is 2.66. The van der Waals surface area contributed by atoms with Gasteiger partial charge in [0.2, 0.25) is 5.91 Å². The van der Waals surface area contributed by atoms with Crippen LogP contribution in [0.4, 0.5) is 10.1 Å². The Hall–Kier alpha value is -1.03. The first kappa shape index (κ1) is 11.0. The Labute approximate surface area is 86.9 Å². The van der Waals surface area contributed by atoms with Crippen molar-refractivity contribution in [2.45, 2.75) is 0 Å². The van der Waals surface area contributed by atoms with Crippen molar-refractivity contribution in [3.63, 3.8) is 0 Å². The van der Waals surface area contributed by atoms with E-state index in [2.05, 4.69) is 5.32 Å². The molecule has 1 N–H and O–H groups in total. The van der Waals surface area contributed by atoms with E-state index in [0.29, 0.717) is 11.5 Å². The van der Waals surface area contributed by atoms with E-state index in [0.717, 1.165) is 5.69 Å². The van der Waals surface area contributed by atoms with Crippen molar-refractivity contribution in [1.29, 1.82) is 0 Å². The van der Waals surface area contributed by atoms with Gasteiger partial charge in [-0.2, -0.15) is 0 Å². The number of rotatable bonds is 5. The maximum absolute atomic E-state index is 11.7. The Bertz CT molecular complexity index is 279. The molecule has 0 aromatic heterocycles. The fourth-order valence-electron chi connectivity index (χ4n) is 0.938. The lowest BCUT2D eigenvalue weighted by Gasteiger charge is -2.03. The summed E-state index contributed by atoms with van der Waals surface area (Å²) in [6.07, 6.45) is 0. The van der Waals surface area contributed by atoms with Gasteiger partial charge in [0.1, 0.15) is 0 Å². The molecule has 0 atom stereocenters. The van der Waals surface area contributed by atoms with E-state index in [-0.39, 0.29) is 12.6 Å². The van der Waals surface area contributed by atoms with Crippen molar-refractivity contribution in [2.24, 2.45) is 0 Å². The molecule has 0 aliphatic rings. The number of halogens is 1. The van der Waals surface area contributed by atoms with E-state index in [9.17, 15) is 9.18 Å². The van der Waals surface area contributed by atoms with Gasteiger partial charge in [0, 0.05) is 11.4 Å². The summed E-state index contributed by atoms with van der Waals surface area (Å²) < 4.78 is 11.7. The smallest absolute Gasteiger partial charge is 0.234 e. The first-order valence-corrected chi connectivity index (χ1v) is 5.47. The minimum absolute atomic E-state index is 0.0883. The van der Waals surface area contributed by atoms with E-state index in [1.807, 2.05) is 30.3 Å². The van der Waals surface area contributed by atoms with Crippen LogP contribution in [0.15, 0.2) is 30.3 Å². The van der Waals surface area contributed by atoms with Gasteiger partial charge >= 0.3 is 0 Å². The zero-order valence-electron chi connectivity index (χ0n) is 7.70. The van der Waals surface area contributed by atoms with Crippen LogP contribution in [0, 0.1) is 0 Å². The topological polar surface area (TPSA) is 29.1 Å². The monoisotopic (exact) mass is 213 g/mol. The van der Waals surface area contributed by atoms with Crippen LogP contribution in [0.5, 0.6) is 0 Å². The molecule has 0 saturated heterocycles. The lowest BCUT2D eigenvalue weighted by Crippen LogP contribution is -2.14. The standard InChI is InChI=1S/C10H12FNOS/c11-6-7-14-8-10(13)12-9-4-2-1-3-5-9/h1-5H,6-8H2,(H,12,13). The molecular weight excluding hydrogens is 201 g/mol. The SMILES string of the molecule is O=C(CSCCF)Nc1ccccc1. The maximum Gasteiger partial charge on any atom is 0.234 e. The largest absolute Gasteiger partial charge is 0.325 e. The summed E-state index contributed by atoms with van der Waals surface area (Å²) in [5.41, 5.74) is 0.776. The van der Waals surface area contributed by atoms with Gasteiger partial charge in [-0.05, 0) is 12.1 Å². The molecule has 0 radical (unpaired) electrons. The van der Waals surface area contributed by atoms with Crippen LogP contribution < -0.4 is 5.32 Å². The molecule has 1 amide bonds. The minimum Gasteiger partial charge on any atom is -0.325 e. The van der Waals surface area contributed by atoms with Gasteiger partial charge in [0.05, 0.1) is 12.4 Å². The summed E-state index contributed by atoms with van der Waals surface area (Å²) >= 11 is 1.29. The summed E-state index contributed by atoms with van der Waals surface area (Å²) in [7, 11) is 0. The number of carbonyl (C=O) groups excluding carboxylic acids is 1. The van der Waals surface area contributed by atoms with Crippen molar-refractivity contribution in [3.05, 3.63) is 30.3 Å². The zero-order chi connectivity index (χ0) is 10.2. The van der Waals surface area contributed by atoms with Crippen LogP contribution in [0.25, 0.3) is 0 Å². The molecule has 1 aromatic carbocycles. The second kappa shape index (κ2) is 6.43. The Morgan fingerprint density at radius 2 is 2.07 bits per heavy atom. The van der Waals surface area contributed by atoms with Gasteiger partial charge in [0.15, 0.2) is 0 Å². The third-order valence-corrected chi connectivity index (χ3v) is 2.42. The van der Waals surface area contributed by atoms with Gasteiger partial charge in [-0.1, -0.05) is 18.2 Å². The van der Waals surface area contributed by atoms with E-state index in [1.165, 1.54) is 11.8 Å². The van der Waals surface area contributed by atoms with Crippen LogP contribution in [-0.4, -0.2) is 24.1 Å². The second-order valence-corrected chi connectivity index (χ2v) is 3.76. The lowest BCUT2D eigenvalue weighted by molar-refractivity contribution is -0.113. The van der Waals surface area contributed by atoms with E-state index in [1.54, 1.807) is 0 Å². The van der Waals surface area contributed by atoms with Crippen molar-refractivity contribution in [3.8, 4) is 0 Å². The molecule has 1 rings (SSSR count). The van der Waals surface area contributed by atoms with E-state index < -0.39 is 0 Å². The molecular formula is C10H12FNOS. The predicted octanol–water partition coefficient (Wildman–Crippen LogP) is 2.33. The third-order valence-electron chi connectivity index (χ3n) is 1.51. The lowest BCUT2D eigenvalue weighted by atomic mass is 10.3. The van der Waals surface area contributed by atoms with Crippen molar-refractivity contribution in [2.75, 3.05) is 23.5 Å². The summed E-state index contributed by atoms with van der Waals surface area (Å²) in [6.45, 7) is -0.386. The summed E-state index contributed by atoms with van der Waals surface area (Å²) in [4.78, 5) is 11.2. The highest BCUT2D eigenvalue weighted by molar-refractivity contribution is 7.99. The fraction of sp³-hybridized carbons (Fsp3) is 0.300.